The summed E-state index contributed by atoms with van der Waals surface area (Å²) in [5.74, 6) is -0.0376. The summed E-state index contributed by atoms with van der Waals surface area (Å²) in [6.07, 6.45) is 1.39. The second-order valence-electron chi connectivity index (χ2n) is 2.71. The van der Waals surface area contributed by atoms with Gasteiger partial charge in [-0.15, -0.1) is 0 Å². The number of ketones is 1. The topological polar surface area (TPSA) is 52.6 Å². The van der Waals surface area contributed by atoms with Crippen LogP contribution in [0.3, 0.4) is 0 Å². The maximum atomic E-state index is 10.3. The van der Waals surface area contributed by atoms with Crippen LogP contribution in [0.1, 0.15) is 33.6 Å². The van der Waals surface area contributed by atoms with E-state index in [0.29, 0.717) is 13.0 Å². The molecular formula is C10H20O4. The van der Waals surface area contributed by atoms with Crippen LogP contribution in [-0.4, -0.2) is 32.1 Å². The summed E-state index contributed by atoms with van der Waals surface area (Å²) in [6, 6.07) is 0. The van der Waals surface area contributed by atoms with Crippen LogP contribution in [0.5, 0.6) is 0 Å². The molecule has 0 saturated carbocycles. The largest absolute Gasteiger partial charge is 0.466 e. The van der Waals surface area contributed by atoms with Gasteiger partial charge in [-0.3, -0.25) is 9.59 Å². The van der Waals surface area contributed by atoms with Crippen molar-refractivity contribution < 1.29 is 19.1 Å². The van der Waals surface area contributed by atoms with Crippen molar-refractivity contribution in [2.24, 2.45) is 0 Å². The lowest BCUT2D eigenvalue weighted by atomic mass is 10.5. The van der Waals surface area contributed by atoms with Crippen molar-refractivity contribution in [2.45, 2.75) is 33.6 Å². The van der Waals surface area contributed by atoms with Crippen LogP contribution in [0.25, 0.3) is 0 Å². The third-order valence-electron chi connectivity index (χ3n) is 1.10. The maximum Gasteiger partial charge on any atom is 0.305 e. The lowest BCUT2D eigenvalue weighted by molar-refractivity contribution is -0.143. The van der Waals surface area contributed by atoms with Gasteiger partial charge in [0.2, 0.25) is 0 Å². The third-order valence-corrected chi connectivity index (χ3v) is 1.10. The molecule has 0 atom stereocenters. The molecule has 0 fully saturated rings. The summed E-state index contributed by atoms with van der Waals surface area (Å²) < 4.78 is 9.16. The lowest BCUT2D eigenvalue weighted by Gasteiger charge is -1.97. The number of Topliss-reactive ketones (excluding diaryl/α,β-unsaturated/α-hetero) is 1. The summed E-state index contributed by atoms with van der Waals surface area (Å²) in [7, 11) is 1.50. The SMILES string of the molecule is CCCOC(=O)CC.COCC(C)=O. The maximum absolute atomic E-state index is 10.3. The molecule has 0 unspecified atom stereocenters. The molecule has 0 N–H and O–H groups in total. The Morgan fingerprint density at radius 3 is 2.00 bits per heavy atom. The number of methoxy groups -OCH3 is 1. The highest BCUT2D eigenvalue weighted by Crippen LogP contribution is 1.85. The van der Waals surface area contributed by atoms with E-state index in [9.17, 15) is 9.59 Å². The minimum atomic E-state index is -0.105. The molecule has 4 heteroatoms. The van der Waals surface area contributed by atoms with Gasteiger partial charge in [-0.2, -0.15) is 0 Å². The van der Waals surface area contributed by atoms with E-state index in [2.05, 4.69) is 4.74 Å². The number of carbonyl (C=O) groups excluding carboxylic acids is 2. The Kier molecular flexibility index (Phi) is 13.5. The zero-order chi connectivity index (χ0) is 11.4. The quantitative estimate of drug-likeness (QED) is 0.638. The number of carbonyl (C=O) groups is 2. The number of ether oxygens (including phenoxy) is 2. The monoisotopic (exact) mass is 204 g/mol. The number of hydrogen-bond acceptors (Lipinski definition) is 4. The average Bonchev–Trinajstić information content (AvgIpc) is 2.15. The summed E-state index contributed by atoms with van der Waals surface area (Å²) in [4.78, 5) is 20.3. The fraction of sp³-hybridized carbons (Fsp3) is 0.800. The first-order valence-corrected chi connectivity index (χ1v) is 4.72. The molecule has 0 radical (unpaired) electrons. The Labute approximate surface area is 85.6 Å². The molecular weight excluding hydrogens is 184 g/mol. The first kappa shape index (κ1) is 15.6. The molecule has 0 heterocycles. The van der Waals surface area contributed by atoms with Crippen molar-refractivity contribution in [2.75, 3.05) is 20.3 Å². The predicted octanol–water partition coefficient (Wildman–Crippen LogP) is 1.57. The van der Waals surface area contributed by atoms with Crippen LogP contribution in [0.2, 0.25) is 0 Å². The number of esters is 1. The van der Waals surface area contributed by atoms with E-state index >= 15 is 0 Å². The van der Waals surface area contributed by atoms with E-state index in [4.69, 9.17) is 4.74 Å². The summed E-state index contributed by atoms with van der Waals surface area (Å²) in [5, 5.41) is 0. The lowest BCUT2D eigenvalue weighted by Crippen LogP contribution is -2.02. The van der Waals surface area contributed by atoms with Gasteiger partial charge in [-0.05, 0) is 13.3 Å². The molecule has 14 heavy (non-hydrogen) atoms. The van der Waals surface area contributed by atoms with Gasteiger partial charge in [-0.25, -0.2) is 0 Å². The van der Waals surface area contributed by atoms with Crippen molar-refractivity contribution in [3.63, 3.8) is 0 Å². The van der Waals surface area contributed by atoms with Crippen molar-refractivity contribution in [3.05, 3.63) is 0 Å². The standard InChI is InChI=1S/C6H12O2.C4H8O2/c1-3-5-8-6(7)4-2;1-4(5)3-6-2/h3-5H2,1-2H3;3H2,1-2H3. The van der Waals surface area contributed by atoms with Gasteiger partial charge < -0.3 is 9.47 Å². The molecule has 0 aromatic rings. The Hall–Kier alpha value is -0.900. The van der Waals surface area contributed by atoms with Crippen molar-refractivity contribution >= 4 is 11.8 Å². The van der Waals surface area contributed by atoms with Crippen LogP contribution in [0, 0.1) is 0 Å². The van der Waals surface area contributed by atoms with Gasteiger partial charge in [0.05, 0.1) is 6.61 Å². The van der Waals surface area contributed by atoms with E-state index in [1.54, 1.807) is 6.92 Å². The first-order valence-electron chi connectivity index (χ1n) is 4.72. The second-order valence-corrected chi connectivity index (χ2v) is 2.71. The van der Waals surface area contributed by atoms with Crippen molar-refractivity contribution in [1.82, 2.24) is 0 Å². The Morgan fingerprint density at radius 1 is 1.21 bits per heavy atom. The van der Waals surface area contributed by atoms with Crippen LogP contribution in [-0.2, 0) is 19.1 Å². The molecule has 0 aromatic heterocycles. The van der Waals surface area contributed by atoms with Gasteiger partial charge in [0.15, 0.2) is 5.78 Å². The molecule has 0 spiro atoms. The average molecular weight is 204 g/mol. The molecule has 0 aliphatic heterocycles. The highest BCUT2D eigenvalue weighted by Gasteiger charge is 1.93. The Morgan fingerprint density at radius 2 is 1.79 bits per heavy atom. The Bertz CT molecular complexity index is 154. The van der Waals surface area contributed by atoms with Gasteiger partial charge in [0.25, 0.3) is 0 Å². The van der Waals surface area contributed by atoms with Crippen LogP contribution in [0.15, 0.2) is 0 Å². The molecule has 4 nitrogen and oxygen atoms in total. The van der Waals surface area contributed by atoms with E-state index in [1.807, 2.05) is 6.92 Å². The van der Waals surface area contributed by atoms with Gasteiger partial charge >= 0.3 is 5.97 Å². The van der Waals surface area contributed by atoms with Gasteiger partial charge in [0, 0.05) is 13.5 Å². The highest BCUT2D eigenvalue weighted by atomic mass is 16.5. The van der Waals surface area contributed by atoms with E-state index in [-0.39, 0.29) is 18.4 Å². The molecule has 0 bridgehead atoms. The van der Waals surface area contributed by atoms with E-state index in [1.165, 1.54) is 14.0 Å². The van der Waals surface area contributed by atoms with Gasteiger partial charge in [0.1, 0.15) is 6.61 Å². The smallest absolute Gasteiger partial charge is 0.305 e. The normalized spacial score (nSPS) is 8.57. The third kappa shape index (κ3) is 17.3. The molecule has 84 valence electrons. The van der Waals surface area contributed by atoms with E-state index < -0.39 is 0 Å². The highest BCUT2D eigenvalue weighted by molar-refractivity contribution is 5.76. The molecule has 0 amide bonds. The van der Waals surface area contributed by atoms with Crippen LogP contribution in [0.4, 0.5) is 0 Å². The second kappa shape index (κ2) is 12.1. The fourth-order valence-electron chi connectivity index (χ4n) is 0.521. The molecule has 0 aliphatic carbocycles. The summed E-state index contributed by atoms with van der Waals surface area (Å²) >= 11 is 0. The fourth-order valence-corrected chi connectivity index (χ4v) is 0.521. The minimum Gasteiger partial charge on any atom is -0.466 e. The predicted molar refractivity (Wildman–Crippen MR) is 54.1 cm³/mol. The van der Waals surface area contributed by atoms with Crippen LogP contribution >= 0.6 is 0 Å². The number of rotatable bonds is 5. The Balaban J connectivity index is 0. The molecule has 0 aliphatic rings. The first-order chi connectivity index (χ1) is 6.58. The van der Waals surface area contributed by atoms with Gasteiger partial charge in [-0.1, -0.05) is 13.8 Å². The number of hydrogen-bond donors (Lipinski definition) is 0. The molecule has 0 rings (SSSR count). The summed E-state index contributed by atoms with van der Waals surface area (Å²) in [5.41, 5.74) is 0. The van der Waals surface area contributed by atoms with Crippen LogP contribution < -0.4 is 0 Å². The zero-order valence-electron chi connectivity index (χ0n) is 9.46. The minimum absolute atomic E-state index is 0.0671. The zero-order valence-corrected chi connectivity index (χ0v) is 9.46. The van der Waals surface area contributed by atoms with Crippen molar-refractivity contribution in [3.8, 4) is 0 Å². The van der Waals surface area contributed by atoms with Crippen molar-refractivity contribution in [1.29, 1.82) is 0 Å². The summed E-state index contributed by atoms with van der Waals surface area (Å²) in [6.45, 7) is 6.05. The van der Waals surface area contributed by atoms with E-state index in [0.717, 1.165) is 6.42 Å². The molecule has 0 saturated heterocycles. The molecule has 0 aromatic carbocycles.